The van der Waals surface area contributed by atoms with Crippen molar-refractivity contribution in [3.63, 3.8) is 0 Å². The molecule has 1 aromatic heterocycles. The van der Waals surface area contributed by atoms with E-state index in [4.69, 9.17) is 10.7 Å². The smallest absolute Gasteiger partial charge is 0.185 e. The summed E-state index contributed by atoms with van der Waals surface area (Å²) in [4.78, 5) is 10.9. The SMILES string of the molecule is CN1CCC(CN(C)c2nc3c(s2)C(N)CCC3)C1. The van der Waals surface area contributed by atoms with Crippen LogP contribution in [0, 0.1) is 5.92 Å². The second kappa shape index (κ2) is 5.38. The summed E-state index contributed by atoms with van der Waals surface area (Å²) in [5.41, 5.74) is 7.45. The number of aromatic nitrogens is 1. The van der Waals surface area contributed by atoms with E-state index in [2.05, 4.69) is 23.9 Å². The maximum Gasteiger partial charge on any atom is 0.185 e. The van der Waals surface area contributed by atoms with Crippen molar-refractivity contribution in [3.8, 4) is 0 Å². The van der Waals surface area contributed by atoms with Gasteiger partial charge in [0.15, 0.2) is 5.13 Å². The molecule has 0 saturated carbocycles. The van der Waals surface area contributed by atoms with Gasteiger partial charge in [-0.15, -0.1) is 11.3 Å². The van der Waals surface area contributed by atoms with E-state index in [1.165, 1.54) is 36.5 Å². The van der Waals surface area contributed by atoms with Crippen LogP contribution in [0.5, 0.6) is 0 Å². The molecule has 2 atom stereocenters. The molecule has 1 aliphatic heterocycles. The molecular formula is C14H24N4S. The number of thiazole rings is 1. The van der Waals surface area contributed by atoms with E-state index in [9.17, 15) is 0 Å². The number of nitrogens with two attached hydrogens (primary N) is 1. The molecule has 4 nitrogen and oxygen atoms in total. The molecule has 106 valence electrons. The van der Waals surface area contributed by atoms with Gasteiger partial charge in [0.2, 0.25) is 0 Å². The Balaban J connectivity index is 1.68. The number of rotatable bonds is 3. The standard InChI is InChI=1S/C14H24N4S/c1-17-7-6-10(8-17)9-18(2)14-16-12-5-3-4-11(15)13(12)19-14/h10-11H,3-9,15H2,1-2H3. The zero-order chi connectivity index (χ0) is 13.4. The van der Waals surface area contributed by atoms with Gasteiger partial charge in [0, 0.05) is 31.1 Å². The van der Waals surface area contributed by atoms with Crippen LogP contribution in [0.4, 0.5) is 5.13 Å². The minimum absolute atomic E-state index is 0.223. The highest BCUT2D eigenvalue weighted by molar-refractivity contribution is 7.15. The Bertz CT molecular complexity index is 445. The van der Waals surface area contributed by atoms with Gasteiger partial charge in [0.05, 0.1) is 5.69 Å². The molecule has 1 saturated heterocycles. The quantitative estimate of drug-likeness (QED) is 0.918. The number of hydrogen-bond donors (Lipinski definition) is 1. The first-order chi connectivity index (χ1) is 9.13. The molecular weight excluding hydrogens is 256 g/mol. The highest BCUT2D eigenvalue weighted by atomic mass is 32.1. The van der Waals surface area contributed by atoms with Crippen LogP contribution in [0.15, 0.2) is 0 Å². The summed E-state index contributed by atoms with van der Waals surface area (Å²) in [5.74, 6) is 0.782. The van der Waals surface area contributed by atoms with Crippen molar-refractivity contribution in [2.24, 2.45) is 11.7 Å². The summed E-state index contributed by atoms with van der Waals surface area (Å²) in [6.45, 7) is 3.57. The fourth-order valence-electron chi connectivity index (χ4n) is 3.24. The van der Waals surface area contributed by atoms with Crippen LogP contribution >= 0.6 is 11.3 Å². The Morgan fingerprint density at radius 2 is 2.32 bits per heavy atom. The van der Waals surface area contributed by atoms with E-state index in [-0.39, 0.29) is 6.04 Å². The molecule has 0 bridgehead atoms. The Kier molecular flexibility index (Phi) is 3.78. The number of anilines is 1. The van der Waals surface area contributed by atoms with E-state index >= 15 is 0 Å². The molecule has 1 fully saturated rings. The molecule has 0 amide bonds. The third-order valence-corrected chi connectivity index (χ3v) is 5.67. The fourth-order valence-corrected chi connectivity index (χ4v) is 4.36. The highest BCUT2D eigenvalue weighted by Crippen LogP contribution is 2.36. The van der Waals surface area contributed by atoms with Crippen molar-refractivity contribution in [1.82, 2.24) is 9.88 Å². The van der Waals surface area contributed by atoms with Gasteiger partial charge in [-0.2, -0.15) is 0 Å². The Hall–Kier alpha value is -0.650. The molecule has 0 spiro atoms. The van der Waals surface area contributed by atoms with Crippen LogP contribution < -0.4 is 10.6 Å². The van der Waals surface area contributed by atoms with Crippen molar-refractivity contribution >= 4 is 16.5 Å². The second-order valence-electron chi connectivity index (χ2n) is 6.10. The van der Waals surface area contributed by atoms with Crippen molar-refractivity contribution in [2.75, 3.05) is 38.6 Å². The number of likely N-dealkylation sites (tertiary alicyclic amines) is 1. The molecule has 0 radical (unpaired) electrons. The molecule has 2 aliphatic rings. The van der Waals surface area contributed by atoms with E-state index in [0.717, 1.165) is 30.4 Å². The Labute approximate surface area is 119 Å². The van der Waals surface area contributed by atoms with Gasteiger partial charge < -0.3 is 15.5 Å². The first-order valence-corrected chi connectivity index (χ1v) is 8.10. The van der Waals surface area contributed by atoms with Gasteiger partial charge in [0.1, 0.15) is 0 Å². The Morgan fingerprint density at radius 1 is 1.47 bits per heavy atom. The van der Waals surface area contributed by atoms with Gasteiger partial charge in [-0.25, -0.2) is 4.98 Å². The van der Waals surface area contributed by atoms with E-state index in [0.29, 0.717) is 0 Å². The summed E-state index contributed by atoms with van der Waals surface area (Å²) < 4.78 is 0. The lowest BCUT2D eigenvalue weighted by molar-refractivity contribution is 0.396. The van der Waals surface area contributed by atoms with Crippen LogP contribution in [0.2, 0.25) is 0 Å². The summed E-state index contributed by atoms with van der Waals surface area (Å²) in [5, 5.41) is 1.16. The average molecular weight is 280 g/mol. The second-order valence-corrected chi connectivity index (χ2v) is 7.11. The molecule has 19 heavy (non-hydrogen) atoms. The number of hydrogen-bond acceptors (Lipinski definition) is 5. The lowest BCUT2D eigenvalue weighted by atomic mass is 9.99. The minimum atomic E-state index is 0.223. The molecule has 2 N–H and O–H groups in total. The summed E-state index contributed by atoms with van der Waals surface area (Å²) in [6.07, 6.45) is 4.73. The lowest BCUT2D eigenvalue weighted by Gasteiger charge is -2.20. The fraction of sp³-hybridized carbons (Fsp3) is 0.786. The first-order valence-electron chi connectivity index (χ1n) is 7.28. The van der Waals surface area contributed by atoms with Crippen LogP contribution in [0.1, 0.15) is 35.9 Å². The van der Waals surface area contributed by atoms with Gasteiger partial charge in [-0.3, -0.25) is 0 Å². The van der Waals surface area contributed by atoms with Crippen LogP contribution in [-0.2, 0) is 6.42 Å². The van der Waals surface area contributed by atoms with E-state index in [1.54, 1.807) is 0 Å². The maximum absolute atomic E-state index is 6.19. The zero-order valence-electron chi connectivity index (χ0n) is 11.9. The number of fused-ring (bicyclic) bond motifs is 1. The van der Waals surface area contributed by atoms with Crippen LogP contribution in [0.25, 0.3) is 0 Å². The van der Waals surface area contributed by atoms with Gasteiger partial charge in [-0.1, -0.05) is 0 Å². The predicted octanol–water partition coefficient (Wildman–Crippen LogP) is 1.87. The lowest BCUT2D eigenvalue weighted by Crippen LogP contribution is -2.27. The van der Waals surface area contributed by atoms with E-state index in [1.807, 2.05) is 11.3 Å². The molecule has 1 aromatic rings. The van der Waals surface area contributed by atoms with Crippen molar-refractivity contribution < 1.29 is 0 Å². The van der Waals surface area contributed by atoms with E-state index < -0.39 is 0 Å². The number of aryl methyl sites for hydroxylation is 1. The third kappa shape index (κ3) is 2.78. The molecule has 1 aliphatic carbocycles. The van der Waals surface area contributed by atoms with Gasteiger partial charge >= 0.3 is 0 Å². The predicted molar refractivity (Wildman–Crippen MR) is 80.9 cm³/mol. The normalized spacial score (nSPS) is 27.5. The van der Waals surface area contributed by atoms with Gasteiger partial charge in [0.25, 0.3) is 0 Å². The van der Waals surface area contributed by atoms with Crippen molar-refractivity contribution in [1.29, 1.82) is 0 Å². The topological polar surface area (TPSA) is 45.4 Å². The van der Waals surface area contributed by atoms with Crippen LogP contribution in [-0.4, -0.2) is 43.6 Å². The molecule has 5 heteroatoms. The monoisotopic (exact) mass is 280 g/mol. The highest BCUT2D eigenvalue weighted by Gasteiger charge is 2.25. The molecule has 2 heterocycles. The summed E-state index contributed by atoms with van der Waals surface area (Å²) in [6, 6.07) is 0.223. The van der Waals surface area contributed by atoms with Crippen LogP contribution in [0.3, 0.4) is 0 Å². The molecule has 3 rings (SSSR count). The maximum atomic E-state index is 6.19. The summed E-state index contributed by atoms with van der Waals surface area (Å²) in [7, 11) is 4.38. The largest absolute Gasteiger partial charge is 0.351 e. The average Bonchev–Trinajstić information content (AvgIpc) is 2.96. The molecule has 0 aromatic carbocycles. The van der Waals surface area contributed by atoms with Crippen molar-refractivity contribution in [2.45, 2.75) is 31.7 Å². The summed E-state index contributed by atoms with van der Waals surface area (Å²) >= 11 is 1.81. The number of nitrogens with zero attached hydrogens (tertiary/aromatic N) is 3. The molecule has 2 unspecified atom stereocenters. The minimum Gasteiger partial charge on any atom is -0.351 e. The Morgan fingerprint density at radius 3 is 3.00 bits per heavy atom. The first kappa shape index (κ1) is 13.3. The zero-order valence-corrected chi connectivity index (χ0v) is 12.7. The third-order valence-electron chi connectivity index (χ3n) is 4.33. The van der Waals surface area contributed by atoms with Crippen molar-refractivity contribution in [3.05, 3.63) is 10.6 Å². The van der Waals surface area contributed by atoms with Gasteiger partial charge in [-0.05, 0) is 45.2 Å².